The molecule has 0 atom stereocenters. The molecule has 0 bridgehead atoms. The minimum absolute atomic E-state index is 0.247. The molecule has 0 aliphatic rings. The number of nitrogens with zero attached hydrogens (tertiary/aromatic N) is 5. The minimum Gasteiger partial charge on any atom is -0.467 e. The molecule has 106 valence electrons. The van der Waals surface area contributed by atoms with Crippen molar-refractivity contribution in [3.63, 3.8) is 0 Å². The third-order valence-corrected chi connectivity index (χ3v) is 3.53. The highest BCUT2D eigenvalue weighted by Gasteiger charge is 2.23. The zero-order valence-electron chi connectivity index (χ0n) is 11.1. The third kappa shape index (κ3) is 2.95. The van der Waals surface area contributed by atoms with Crippen LogP contribution in [-0.4, -0.2) is 26.1 Å². The lowest BCUT2D eigenvalue weighted by Crippen LogP contribution is -2.31. The van der Waals surface area contributed by atoms with E-state index in [4.69, 9.17) is 4.42 Å². The highest BCUT2D eigenvalue weighted by atomic mass is 32.1. The Hall–Kier alpha value is -2.61. The van der Waals surface area contributed by atoms with Crippen LogP contribution in [0.5, 0.6) is 0 Å². The van der Waals surface area contributed by atoms with Gasteiger partial charge in [-0.2, -0.15) is 0 Å². The Labute approximate surface area is 124 Å². The SMILES string of the molecule is Cc1nnc(N(Cc2ccco2)C(=O)c2cnccn2)s1. The smallest absolute Gasteiger partial charge is 0.280 e. The van der Waals surface area contributed by atoms with Crippen LogP contribution in [-0.2, 0) is 6.54 Å². The fraction of sp³-hybridized carbons (Fsp3) is 0.154. The Morgan fingerprint density at radius 2 is 2.29 bits per heavy atom. The summed E-state index contributed by atoms with van der Waals surface area (Å²) in [6.45, 7) is 2.09. The van der Waals surface area contributed by atoms with Crippen molar-refractivity contribution >= 4 is 22.4 Å². The van der Waals surface area contributed by atoms with E-state index in [-0.39, 0.29) is 18.1 Å². The second-order valence-corrected chi connectivity index (χ2v) is 5.33. The summed E-state index contributed by atoms with van der Waals surface area (Å²) in [6, 6.07) is 3.57. The van der Waals surface area contributed by atoms with Crippen molar-refractivity contribution in [2.45, 2.75) is 13.5 Å². The van der Waals surface area contributed by atoms with E-state index in [9.17, 15) is 4.79 Å². The van der Waals surface area contributed by atoms with Crippen molar-refractivity contribution in [2.75, 3.05) is 4.90 Å². The summed E-state index contributed by atoms with van der Waals surface area (Å²) in [7, 11) is 0. The zero-order chi connectivity index (χ0) is 14.7. The first kappa shape index (κ1) is 13.4. The second-order valence-electron chi connectivity index (χ2n) is 4.16. The Morgan fingerprint density at radius 3 is 2.90 bits per heavy atom. The zero-order valence-corrected chi connectivity index (χ0v) is 11.9. The van der Waals surface area contributed by atoms with Gasteiger partial charge in [-0.15, -0.1) is 10.2 Å². The first-order valence-corrected chi connectivity index (χ1v) is 6.96. The van der Waals surface area contributed by atoms with E-state index in [0.29, 0.717) is 10.9 Å². The van der Waals surface area contributed by atoms with Crippen LogP contribution in [0.4, 0.5) is 5.13 Å². The molecule has 0 unspecified atom stereocenters. The maximum Gasteiger partial charge on any atom is 0.280 e. The standard InChI is InChI=1S/C13H11N5O2S/c1-9-16-17-13(21-9)18(8-10-3-2-6-20-10)12(19)11-7-14-4-5-15-11/h2-7H,8H2,1H3. The molecule has 21 heavy (non-hydrogen) atoms. The number of rotatable bonds is 4. The molecule has 0 saturated carbocycles. The van der Waals surface area contributed by atoms with Gasteiger partial charge < -0.3 is 4.42 Å². The van der Waals surface area contributed by atoms with Crippen LogP contribution >= 0.6 is 11.3 Å². The van der Waals surface area contributed by atoms with Crippen LogP contribution in [0.3, 0.4) is 0 Å². The molecule has 0 aliphatic carbocycles. The number of carbonyl (C=O) groups excluding carboxylic acids is 1. The molecule has 1 amide bonds. The predicted octanol–water partition coefficient (Wildman–Crippen LogP) is 2.08. The van der Waals surface area contributed by atoms with E-state index in [0.717, 1.165) is 5.01 Å². The van der Waals surface area contributed by atoms with Crippen molar-refractivity contribution in [1.29, 1.82) is 0 Å². The Bertz CT molecular complexity index is 726. The molecule has 0 radical (unpaired) electrons. The van der Waals surface area contributed by atoms with Gasteiger partial charge in [0.1, 0.15) is 16.5 Å². The largest absolute Gasteiger partial charge is 0.467 e. The summed E-state index contributed by atoms with van der Waals surface area (Å²) in [5, 5.41) is 9.26. The molecular weight excluding hydrogens is 290 g/mol. The van der Waals surface area contributed by atoms with E-state index in [1.54, 1.807) is 18.4 Å². The number of amides is 1. The van der Waals surface area contributed by atoms with E-state index < -0.39 is 0 Å². The fourth-order valence-corrected chi connectivity index (χ4v) is 2.41. The van der Waals surface area contributed by atoms with Crippen LogP contribution < -0.4 is 4.90 Å². The molecule has 3 aromatic heterocycles. The van der Waals surface area contributed by atoms with Gasteiger partial charge in [-0.1, -0.05) is 11.3 Å². The number of hydrogen-bond acceptors (Lipinski definition) is 7. The van der Waals surface area contributed by atoms with Gasteiger partial charge in [0.2, 0.25) is 5.13 Å². The molecule has 0 aliphatic heterocycles. The maximum absolute atomic E-state index is 12.6. The van der Waals surface area contributed by atoms with Crippen LogP contribution in [0.15, 0.2) is 41.4 Å². The van der Waals surface area contributed by atoms with Crippen LogP contribution in [0, 0.1) is 6.92 Å². The normalized spacial score (nSPS) is 10.5. The summed E-state index contributed by atoms with van der Waals surface area (Å²) >= 11 is 1.33. The molecule has 0 spiro atoms. The molecule has 3 rings (SSSR count). The highest BCUT2D eigenvalue weighted by Crippen LogP contribution is 2.23. The average Bonchev–Trinajstić information content (AvgIpc) is 3.16. The Kier molecular flexibility index (Phi) is 3.69. The van der Waals surface area contributed by atoms with Crippen molar-refractivity contribution in [3.8, 4) is 0 Å². The van der Waals surface area contributed by atoms with Gasteiger partial charge in [0.15, 0.2) is 0 Å². The van der Waals surface area contributed by atoms with Crippen molar-refractivity contribution in [2.24, 2.45) is 0 Å². The number of hydrogen-bond donors (Lipinski definition) is 0. The Balaban J connectivity index is 1.94. The first-order chi connectivity index (χ1) is 10.2. The van der Waals surface area contributed by atoms with Gasteiger partial charge in [0.05, 0.1) is 19.0 Å². The molecular formula is C13H11N5O2S. The van der Waals surface area contributed by atoms with E-state index in [1.165, 1.54) is 34.8 Å². The fourth-order valence-electron chi connectivity index (χ4n) is 1.73. The average molecular weight is 301 g/mol. The molecule has 7 nitrogen and oxygen atoms in total. The summed E-state index contributed by atoms with van der Waals surface area (Å²) in [6.07, 6.45) is 5.98. The molecule has 0 fully saturated rings. The monoisotopic (exact) mass is 301 g/mol. The van der Waals surface area contributed by atoms with E-state index >= 15 is 0 Å². The van der Waals surface area contributed by atoms with Crippen molar-refractivity contribution < 1.29 is 9.21 Å². The molecule has 3 aromatic rings. The Morgan fingerprint density at radius 1 is 1.38 bits per heavy atom. The molecule has 3 heterocycles. The number of aryl methyl sites for hydroxylation is 1. The van der Waals surface area contributed by atoms with Gasteiger partial charge in [0.25, 0.3) is 5.91 Å². The van der Waals surface area contributed by atoms with Gasteiger partial charge in [-0.05, 0) is 19.1 Å². The van der Waals surface area contributed by atoms with Crippen LogP contribution in [0.25, 0.3) is 0 Å². The first-order valence-electron chi connectivity index (χ1n) is 6.14. The third-order valence-electron chi connectivity index (χ3n) is 2.67. The van der Waals surface area contributed by atoms with Gasteiger partial charge in [-0.25, -0.2) is 4.98 Å². The van der Waals surface area contributed by atoms with Crippen molar-refractivity contribution in [3.05, 3.63) is 53.4 Å². The second kappa shape index (κ2) is 5.80. The van der Waals surface area contributed by atoms with Crippen molar-refractivity contribution in [1.82, 2.24) is 20.2 Å². The molecule has 0 aromatic carbocycles. The quantitative estimate of drug-likeness (QED) is 0.733. The summed E-state index contributed by atoms with van der Waals surface area (Å²) in [4.78, 5) is 22.0. The molecule has 0 N–H and O–H groups in total. The maximum atomic E-state index is 12.6. The lowest BCUT2D eigenvalue weighted by Gasteiger charge is -2.17. The minimum atomic E-state index is -0.296. The summed E-state index contributed by atoms with van der Waals surface area (Å²) in [5.41, 5.74) is 0.247. The number of furan rings is 1. The topological polar surface area (TPSA) is 85.0 Å². The number of carbonyl (C=O) groups is 1. The van der Waals surface area contributed by atoms with Gasteiger partial charge in [-0.3, -0.25) is 14.7 Å². The van der Waals surface area contributed by atoms with Gasteiger partial charge >= 0.3 is 0 Å². The molecule has 8 heteroatoms. The molecule has 0 saturated heterocycles. The van der Waals surface area contributed by atoms with Gasteiger partial charge in [0, 0.05) is 12.4 Å². The summed E-state index contributed by atoms with van der Waals surface area (Å²) in [5.74, 6) is 0.357. The van der Waals surface area contributed by atoms with E-state index in [1.807, 2.05) is 6.92 Å². The lowest BCUT2D eigenvalue weighted by molar-refractivity contribution is 0.0978. The lowest BCUT2D eigenvalue weighted by atomic mass is 10.3. The van der Waals surface area contributed by atoms with Crippen LogP contribution in [0.2, 0.25) is 0 Å². The highest BCUT2D eigenvalue weighted by molar-refractivity contribution is 7.15. The number of anilines is 1. The predicted molar refractivity (Wildman–Crippen MR) is 75.9 cm³/mol. The van der Waals surface area contributed by atoms with Crippen LogP contribution in [0.1, 0.15) is 21.3 Å². The van der Waals surface area contributed by atoms with E-state index in [2.05, 4.69) is 20.2 Å². The number of aromatic nitrogens is 4. The summed E-state index contributed by atoms with van der Waals surface area (Å²) < 4.78 is 5.30.